The van der Waals surface area contributed by atoms with Gasteiger partial charge < -0.3 is 15.9 Å². The smallest absolute Gasteiger partial charge is 0.325 e. The van der Waals surface area contributed by atoms with E-state index >= 15 is 0 Å². The van der Waals surface area contributed by atoms with Crippen molar-refractivity contribution in [1.82, 2.24) is 0 Å². The summed E-state index contributed by atoms with van der Waals surface area (Å²) in [5, 5.41) is 17.7. The number of aliphatic carboxylic acids is 1. The topological polar surface area (TPSA) is 83.6 Å². The molecule has 0 radical (unpaired) electrons. The Morgan fingerprint density at radius 3 is 2.62 bits per heavy atom. The number of hydrogen-bond donors (Lipinski definition) is 3. The summed E-state index contributed by atoms with van der Waals surface area (Å²) >= 11 is 5.56. The van der Waals surface area contributed by atoms with Gasteiger partial charge in [-0.3, -0.25) is 4.79 Å². The summed E-state index contributed by atoms with van der Waals surface area (Å²) in [4.78, 5) is 10.5. The molecule has 0 amide bonds. The Morgan fingerprint density at radius 2 is 2.15 bits per heavy atom. The number of hydrogen-bond acceptors (Lipinski definition) is 3. The van der Waals surface area contributed by atoms with Crippen molar-refractivity contribution >= 4 is 17.6 Å². The first-order chi connectivity index (χ1) is 6.02. The highest BCUT2D eigenvalue weighted by atomic mass is 35.5. The number of rotatable bonds is 2. The van der Waals surface area contributed by atoms with Gasteiger partial charge in [0.1, 0.15) is 11.8 Å². The lowest BCUT2D eigenvalue weighted by Gasteiger charge is -2.07. The van der Waals surface area contributed by atoms with E-state index in [-0.39, 0.29) is 10.8 Å². The first kappa shape index (κ1) is 9.83. The summed E-state index contributed by atoms with van der Waals surface area (Å²) < 4.78 is 0. The molecule has 0 aromatic heterocycles. The molecule has 0 saturated carbocycles. The Morgan fingerprint density at radius 1 is 1.54 bits per heavy atom. The number of carboxylic acids is 1. The molecule has 13 heavy (non-hydrogen) atoms. The molecule has 0 aliphatic carbocycles. The van der Waals surface area contributed by atoms with Gasteiger partial charge in [-0.25, -0.2) is 0 Å². The van der Waals surface area contributed by atoms with Crippen LogP contribution >= 0.6 is 11.6 Å². The van der Waals surface area contributed by atoms with E-state index in [1.54, 1.807) is 0 Å². The van der Waals surface area contributed by atoms with Gasteiger partial charge in [-0.1, -0.05) is 17.7 Å². The third-order valence-electron chi connectivity index (χ3n) is 1.60. The second-order valence-corrected chi connectivity index (χ2v) is 2.93. The molecular weight excluding hydrogens is 194 g/mol. The predicted molar refractivity (Wildman–Crippen MR) is 47.7 cm³/mol. The summed E-state index contributed by atoms with van der Waals surface area (Å²) in [6.45, 7) is 0. The van der Waals surface area contributed by atoms with Crippen LogP contribution in [0.3, 0.4) is 0 Å². The molecule has 1 aromatic carbocycles. The Labute approximate surface area is 79.6 Å². The van der Waals surface area contributed by atoms with Crippen LogP contribution < -0.4 is 5.73 Å². The molecule has 4 nitrogen and oxygen atoms in total. The summed E-state index contributed by atoms with van der Waals surface area (Å²) in [5.74, 6) is -1.23. The van der Waals surface area contributed by atoms with E-state index in [0.29, 0.717) is 5.56 Å². The number of phenols is 1. The van der Waals surface area contributed by atoms with Crippen LogP contribution in [-0.2, 0) is 4.79 Å². The van der Waals surface area contributed by atoms with Crippen molar-refractivity contribution in [3.63, 3.8) is 0 Å². The average molecular weight is 202 g/mol. The molecule has 0 spiro atoms. The fraction of sp³-hybridized carbons (Fsp3) is 0.125. The average Bonchev–Trinajstić information content (AvgIpc) is 2.08. The molecule has 1 aromatic rings. The van der Waals surface area contributed by atoms with Crippen LogP contribution in [0.4, 0.5) is 0 Å². The van der Waals surface area contributed by atoms with Crippen LogP contribution in [0.2, 0.25) is 5.02 Å². The third kappa shape index (κ3) is 2.11. The van der Waals surface area contributed by atoms with Gasteiger partial charge in [-0.2, -0.15) is 0 Å². The zero-order valence-corrected chi connectivity index (χ0v) is 7.32. The van der Waals surface area contributed by atoms with Crippen molar-refractivity contribution in [1.29, 1.82) is 0 Å². The lowest BCUT2D eigenvalue weighted by molar-refractivity contribution is -0.138. The predicted octanol–water partition coefficient (Wildman–Crippen LogP) is 1.13. The van der Waals surface area contributed by atoms with E-state index in [1.165, 1.54) is 18.2 Å². The third-order valence-corrected chi connectivity index (χ3v) is 1.90. The minimum absolute atomic E-state index is 0.0919. The van der Waals surface area contributed by atoms with E-state index in [1.807, 2.05) is 0 Å². The van der Waals surface area contributed by atoms with Crippen LogP contribution in [0.15, 0.2) is 18.2 Å². The van der Waals surface area contributed by atoms with Gasteiger partial charge >= 0.3 is 5.97 Å². The maximum atomic E-state index is 10.5. The summed E-state index contributed by atoms with van der Waals surface area (Å²) in [5.41, 5.74) is 5.67. The molecule has 0 bridgehead atoms. The first-order valence-corrected chi connectivity index (χ1v) is 3.87. The minimum Gasteiger partial charge on any atom is -0.506 e. The molecule has 1 rings (SSSR count). The van der Waals surface area contributed by atoms with Crippen LogP contribution in [0.1, 0.15) is 11.6 Å². The molecule has 1 atom stereocenters. The molecule has 4 N–H and O–H groups in total. The monoisotopic (exact) mass is 201 g/mol. The van der Waals surface area contributed by atoms with Crippen molar-refractivity contribution < 1.29 is 15.0 Å². The zero-order chi connectivity index (χ0) is 10.0. The second-order valence-electron chi connectivity index (χ2n) is 2.53. The van der Waals surface area contributed by atoms with Gasteiger partial charge in [0, 0.05) is 0 Å². The van der Waals surface area contributed by atoms with Crippen LogP contribution in [0, 0.1) is 0 Å². The number of benzene rings is 1. The lowest BCUT2D eigenvalue weighted by Crippen LogP contribution is -2.20. The molecule has 70 valence electrons. The molecule has 0 fully saturated rings. The fourth-order valence-electron chi connectivity index (χ4n) is 0.859. The van der Waals surface area contributed by atoms with Gasteiger partial charge in [0.2, 0.25) is 0 Å². The van der Waals surface area contributed by atoms with E-state index < -0.39 is 12.0 Å². The van der Waals surface area contributed by atoms with E-state index in [9.17, 15) is 4.79 Å². The number of phenolic OH excluding ortho intramolecular Hbond substituents is 1. The molecular formula is C8H8ClNO3. The van der Waals surface area contributed by atoms with Crippen LogP contribution in [-0.4, -0.2) is 16.2 Å². The summed E-state index contributed by atoms with van der Waals surface area (Å²) in [6, 6.07) is 2.94. The summed E-state index contributed by atoms with van der Waals surface area (Å²) in [7, 11) is 0. The lowest BCUT2D eigenvalue weighted by atomic mass is 10.1. The Kier molecular flexibility index (Phi) is 2.75. The normalized spacial score (nSPS) is 12.5. The molecule has 0 heterocycles. The fourth-order valence-corrected chi connectivity index (χ4v) is 1.05. The number of halogens is 1. The van der Waals surface area contributed by atoms with E-state index in [2.05, 4.69) is 0 Å². The molecule has 0 aliphatic rings. The number of carboxylic acid groups (broad SMARTS) is 1. The number of nitrogens with two attached hydrogens (primary N) is 1. The first-order valence-electron chi connectivity index (χ1n) is 3.49. The highest BCUT2D eigenvalue weighted by Gasteiger charge is 2.14. The number of aromatic hydroxyl groups is 1. The van der Waals surface area contributed by atoms with Gasteiger partial charge in [0.25, 0.3) is 0 Å². The van der Waals surface area contributed by atoms with Gasteiger partial charge in [-0.15, -0.1) is 0 Å². The maximum absolute atomic E-state index is 10.5. The molecule has 0 saturated heterocycles. The van der Waals surface area contributed by atoms with E-state index in [4.69, 9.17) is 27.5 Å². The van der Waals surface area contributed by atoms with Crippen LogP contribution in [0.25, 0.3) is 0 Å². The Bertz CT molecular complexity index is 340. The van der Waals surface area contributed by atoms with Crippen molar-refractivity contribution in [3.05, 3.63) is 28.8 Å². The Balaban J connectivity index is 3.03. The van der Waals surface area contributed by atoms with E-state index in [0.717, 1.165) is 0 Å². The minimum atomic E-state index is -1.14. The standard InChI is InChI=1S/C8H8ClNO3/c9-5-3-4(1-2-6(5)11)7(10)8(12)13/h1-3,7,11H,10H2,(H,12,13). The van der Waals surface area contributed by atoms with Crippen molar-refractivity contribution in [2.75, 3.05) is 0 Å². The SMILES string of the molecule is NC(C(=O)O)c1ccc(O)c(Cl)c1. The van der Waals surface area contributed by atoms with Gasteiger partial charge in [0.05, 0.1) is 5.02 Å². The Hall–Kier alpha value is -1.26. The highest BCUT2D eigenvalue weighted by molar-refractivity contribution is 6.32. The quantitative estimate of drug-likeness (QED) is 0.670. The van der Waals surface area contributed by atoms with Gasteiger partial charge in [-0.05, 0) is 17.7 Å². The van der Waals surface area contributed by atoms with Gasteiger partial charge in [0.15, 0.2) is 0 Å². The largest absolute Gasteiger partial charge is 0.506 e. The molecule has 0 aliphatic heterocycles. The maximum Gasteiger partial charge on any atom is 0.325 e. The molecule has 5 heteroatoms. The summed E-state index contributed by atoms with van der Waals surface area (Å²) in [6.07, 6.45) is 0. The highest BCUT2D eigenvalue weighted by Crippen LogP contribution is 2.25. The second kappa shape index (κ2) is 3.64. The van der Waals surface area contributed by atoms with Crippen molar-refractivity contribution in [2.24, 2.45) is 5.73 Å². The van der Waals surface area contributed by atoms with Crippen LogP contribution in [0.5, 0.6) is 5.75 Å². The van der Waals surface area contributed by atoms with Crippen molar-refractivity contribution in [3.8, 4) is 5.75 Å². The van der Waals surface area contributed by atoms with Crippen molar-refractivity contribution in [2.45, 2.75) is 6.04 Å². The molecule has 1 unspecified atom stereocenters. The number of carbonyl (C=O) groups is 1. The zero-order valence-electron chi connectivity index (χ0n) is 6.57.